The summed E-state index contributed by atoms with van der Waals surface area (Å²) < 4.78 is 3.15. The standard InChI is InChI=1S/C21H31N3OS/c1-2-4-17-5-6-18-19(15-17)26-20(25)24(18)14-13-23-12-3-7-21(16-23)8-10-22-11-9-21/h5-6,15,22H,2-4,7-14,16H2,1H3. The number of benzene rings is 1. The van der Waals surface area contributed by atoms with Gasteiger partial charge in [-0.05, 0) is 74.8 Å². The molecule has 0 radical (unpaired) electrons. The van der Waals surface area contributed by atoms with Crippen LogP contribution in [0, 0.1) is 5.41 Å². The Labute approximate surface area is 160 Å². The summed E-state index contributed by atoms with van der Waals surface area (Å²) >= 11 is 1.41. The molecule has 2 fully saturated rings. The first-order chi connectivity index (χ1) is 12.7. The average Bonchev–Trinajstić information content (AvgIpc) is 2.95. The van der Waals surface area contributed by atoms with Crippen molar-refractivity contribution in [2.45, 2.75) is 52.0 Å². The van der Waals surface area contributed by atoms with E-state index >= 15 is 0 Å². The molecule has 0 unspecified atom stereocenters. The Balaban J connectivity index is 1.45. The fourth-order valence-corrected chi connectivity index (χ4v) is 5.86. The third kappa shape index (κ3) is 3.75. The van der Waals surface area contributed by atoms with E-state index in [2.05, 4.69) is 35.3 Å². The first kappa shape index (κ1) is 18.2. The third-order valence-electron chi connectivity index (χ3n) is 6.32. The summed E-state index contributed by atoms with van der Waals surface area (Å²) in [6, 6.07) is 6.56. The molecule has 3 heterocycles. The van der Waals surface area contributed by atoms with Crippen LogP contribution in [-0.4, -0.2) is 42.2 Å². The van der Waals surface area contributed by atoms with Crippen molar-refractivity contribution in [3.05, 3.63) is 33.4 Å². The quantitative estimate of drug-likeness (QED) is 0.872. The van der Waals surface area contributed by atoms with E-state index in [4.69, 9.17) is 0 Å². The van der Waals surface area contributed by atoms with Gasteiger partial charge in [-0.15, -0.1) is 0 Å². The van der Waals surface area contributed by atoms with Gasteiger partial charge in [-0.25, -0.2) is 0 Å². The summed E-state index contributed by atoms with van der Waals surface area (Å²) in [5, 5.41) is 3.50. The van der Waals surface area contributed by atoms with Gasteiger partial charge in [0, 0.05) is 19.6 Å². The number of nitrogens with one attached hydrogen (secondary N) is 1. The van der Waals surface area contributed by atoms with Crippen molar-refractivity contribution in [2.75, 3.05) is 32.7 Å². The molecule has 1 N–H and O–H groups in total. The molecule has 0 saturated carbocycles. The van der Waals surface area contributed by atoms with Crippen molar-refractivity contribution in [3.63, 3.8) is 0 Å². The second kappa shape index (κ2) is 7.83. The van der Waals surface area contributed by atoms with Gasteiger partial charge >= 0.3 is 4.87 Å². The Hall–Kier alpha value is -1.17. The van der Waals surface area contributed by atoms with Gasteiger partial charge in [-0.2, -0.15) is 0 Å². The largest absolute Gasteiger partial charge is 0.317 e. The lowest BCUT2D eigenvalue weighted by molar-refractivity contribution is 0.0578. The van der Waals surface area contributed by atoms with Gasteiger partial charge in [0.1, 0.15) is 0 Å². The van der Waals surface area contributed by atoms with Gasteiger partial charge in [0.25, 0.3) is 0 Å². The van der Waals surface area contributed by atoms with E-state index in [0.29, 0.717) is 5.41 Å². The predicted octanol–water partition coefficient (Wildman–Crippen LogP) is 3.48. The zero-order chi connectivity index (χ0) is 18.0. The van der Waals surface area contributed by atoms with Crippen LogP contribution in [0.5, 0.6) is 0 Å². The number of nitrogens with zero attached hydrogens (tertiary/aromatic N) is 2. The zero-order valence-corrected chi connectivity index (χ0v) is 16.7. The Kier molecular flexibility index (Phi) is 5.48. The third-order valence-corrected chi connectivity index (χ3v) is 7.26. The van der Waals surface area contributed by atoms with E-state index < -0.39 is 0 Å². The lowest BCUT2D eigenvalue weighted by Gasteiger charge is -2.45. The monoisotopic (exact) mass is 373 g/mol. The Morgan fingerprint density at radius 3 is 2.85 bits per heavy atom. The van der Waals surface area contributed by atoms with Crippen molar-refractivity contribution in [2.24, 2.45) is 5.41 Å². The van der Waals surface area contributed by atoms with Gasteiger partial charge in [0.2, 0.25) is 0 Å². The molecule has 2 aliphatic rings. The first-order valence-electron chi connectivity index (χ1n) is 10.2. The van der Waals surface area contributed by atoms with Crippen LogP contribution >= 0.6 is 11.3 Å². The lowest BCUT2D eigenvalue weighted by Crippen LogP contribution is -2.49. The molecule has 2 aliphatic heterocycles. The number of rotatable bonds is 5. The summed E-state index contributed by atoms with van der Waals surface area (Å²) in [5.41, 5.74) is 2.99. The smallest absolute Gasteiger partial charge is 0.308 e. The number of hydrogen-bond acceptors (Lipinski definition) is 4. The second-order valence-electron chi connectivity index (χ2n) is 8.20. The van der Waals surface area contributed by atoms with Crippen molar-refractivity contribution in [1.29, 1.82) is 0 Å². The fraction of sp³-hybridized carbons (Fsp3) is 0.667. The molecule has 26 heavy (non-hydrogen) atoms. The molecule has 5 heteroatoms. The lowest BCUT2D eigenvalue weighted by atomic mass is 9.73. The normalized spacial score (nSPS) is 20.8. The minimum atomic E-state index is 0.197. The molecule has 4 rings (SSSR count). The Morgan fingerprint density at radius 1 is 1.19 bits per heavy atom. The molecule has 0 amide bonds. The highest BCUT2D eigenvalue weighted by Crippen LogP contribution is 2.37. The molecule has 0 bridgehead atoms. The van der Waals surface area contributed by atoms with Crippen LogP contribution in [0.15, 0.2) is 23.0 Å². The molecule has 0 aliphatic carbocycles. The molecule has 0 atom stereocenters. The number of thiazole rings is 1. The average molecular weight is 374 g/mol. The highest BCUT2D eigenvalue weighted by atomic mass is 32.1. The Morgan fingerprint density at radius 2 is 2.04 bits per heavy atom. The van der Waals surface area contributed by atoms with Crippen molar-refractivity contribution < 1.29 is 0 Å². The van der Waals surface area contributed by atoms with Crippen LogP contribution in [0.4, 0.5) is 0 Å². The van der Waals surface area contributed by atoms with E-state index in [1.54, 1.807) is 0 Å². The maximum Gasteiger partial charge on any atom is 0.308 e. The second-order valence-corrected chi connectivity index (χ2v) is 9.19. The summed E-state index contributed by atoms with van der Waals surface area (Å²) in [6.45, 7) is 8.76. The molecule has 2 aromatic rings. The van der Waals surface area contributed by atoms with Crippen LogP contribution < -0.4 is 10.2 Å². The van der Waals surface area contributed by atoms with Gasteiger partial charge in [0.15, 0.2) is 0 Å². The zero-order valence-electron chi connectivity index (χ0n) is 15.9. The van der Waals surface area contributed by atoms with Crippen LogP contribution in [0.25, 0.3) is 10.2 Å². The summed E-state index contributed by atoms with van der Waals surface area (Å²) in [6.07, 6.45) is 7.54. The fourth-order valence-electron chi connectivity index (χ4n) is 4.87. The van der Waals surface area contributed by atoms with E-state index in [0.717, 1.165) is 36.1 Å². The van der Waals surface area contributed by atoms with E-state index in [-0.39, 0.29) is 4.87 Å². The topological polar surface area (TPSA) is 37.3 Å². The first-order valence-corrected chi connectivity index (χ1v) is 11.1. The van der Waals surface area contributed by atoms with Gasteiger partial charge in [0.05, 0.1) is 10.2 Å². The molecule has 1 aromatic heterocycles. The van der Waals surface area contributed by atoms with Gasteiger partial charge in [-0.1, -0.05) is 30.7 Å². The number of aromatic nitrogens is 1. The number of piperidine rings is 2. The number of aryl methyl sites for hydroxylation is 1. The van der Waals surface area contributed by atoms with Crippen LogP contribution in [0.2, 0.25) is 0 Å². The maximum absolute atomic E-state index is 12.5. The highest BCUT2D eigenvalue weighted by Gasteiger charge is 2.36. The molecule has 4 nitrogen and oxygen atoms in total. The number of fused-ring (bicyclic) bond motifs is 1. The molecule has 2 saturated heterocycles. The minimum Gasteiger partial charge on any atom is -0.317 e. The van der Waals surface area contributed by atoms with Gasteiger partial charge < -0.3 is 10.2 Å². The maximum atomic E-state index is 12.5. The molecular formula is C21H31N3OS. The Bertz CT molecular complexity index is 798. The molecular weight excluding hydrogens is 342 g/mol. The SMILES string of the molecule is CCCc1ccc2c(c1)sc(=O)n2CCN1CCCC2(CCNCC2)C1. The molecule has 1 spiro atoms. The highest BCUT2D eigenvalue weighted by molar-refractivity contribution is 7.16. The summed E-state index contributed by atoms with van der Waals surface area (Å²) in [5.74, 6) is 0. The summed E-state index contributed by atoms with van der Waals surface area (Å²) in [4.78, 5) is 15.3. The van der Waals surface area contributed by atoms with E-state index in [9.17, 15) is 4.79 Å². The summed E-state index contributed by atoms with van der Waals surface area (Å²) in [7, 11) is 0. The van der Waals surface area contributed by atoms with Crippen molar-refractivity contribution in [1.82, 2.24) is 14.8 Å². The minimum absolute atomic E-state index is 0.197. The van der Waals surface area contributed by atoms with E-state index in [1.165, 1.54) is 68.8 Å². The van der Waals surface area contributed by atoms with Crippen molar-refractivity contribution >= 4 is 21.6 Å². The van der Waals surface area contributed by atoms with Crippen LogP contribution in [0.3, 0.4) is 0 Å². The molecule has 142 valence electrons. The van der Waals surface area contributed by atoms with Gasteiger partial charge in [-0.3, -0.25) is 9.36 Å². The van der Waals surface area contributed by atoms with Crippen LogP contribution in [-0.2, 0) is 13.0 Å². The van der Waals surface area contributed by atoms with Crippen LogP contribution in [0.1, 0.15) is 44.6 Å². The number of hydrogen-bond donors (Lipinski definition) is 1. The van der Waals surface area contributed by atoms with E-state index in [1.807, 2.05) is 4.57 Å². The molecule has 1 aromatic carbocycles. The predicted molar refractivity (Wildman–Crippen MR) is 110 cm³/mol. The van der Waals surface area contributed by atoms with Crippen molar-refractivity contribution in [3.8, 4) is 0 Å². The number of likely N-dealkylation sites (tertiary alicyclic amines) is 1.